The minimum Gasteiger partial charge on any atom is -0.291 e. The van der Waals surface area contributed by atoms with Crippen LogP contribution in [0.1, 0.15) is 11.5 Å². The fourth-order valence-corrected chi connectivity index (χ4v) is 2.23. The maximum absolute atomic E-state index is 12.5. The van der Waals surface area contributed by atoms with E-state index in [4.69, 9.17) is 0 Å². The number of aryl methyl sites for hydroxylation is 2. The van der Waals surface area contributed by atoms with Crippen molar-refractivity contribution in [2.75, 3.05) is 0 Å². The number of aromatic amines is 1. The maximum Gasteiger partial charge on any atom is 0.334 e. The first-order valence-electron chi connectivity index (χ1n) is 6.13. The zero-order chi connectivity index (χ0) is 14.3. The monoisotopic (exact) mass is 268 g/mol. The van der Waals surface area contributed by atoms with E-state index in [0.29, 0.717) is 22.6 Å². The number of aromatic nitrogens is 4. The number of hydrogen-bond acceptors (Lipinski definition) is 4. The van der Waals surface area contributed by atoms with E-state index < -0.39 is 11.2 Å². The van der Waals surface area contributed by atoms with Crippen molar-refractivity contribution in [3.05, 3.63) is 62.7 Å². The Morgan fingerprint density at radius 3 is 2.45 bits per heavy atom. The number of fused-ring (bicyclic) bond motifs is 1. The van der Waals surface area contributed by atoms with Crippen LogP contribution in [0.25, 0.3) is 16.7 Å². The van der Waals surface area contributed by atoms with Crippen LogP contribution in [0.2, 0.25) is 0 Å². The molecule has 6 nitrogen and oxygen atoms in total. The topological polar surface area (TPSA) is 80.6 Å². The second-order valence-corrected chi connectivity index (χ2v) is 4.49. The lowest BCUT2D eigenvalue weighted by Gasteiger charge is -2.07. The Hall–Kier alpha value is -2.76. The predicted molar refractivity (Wildman–Crippen MR) is 75.2 cm³/mol. The average molecular weight is 268 g/mol. The van der Waals surface area contributed by atoms with Crippen LogP contribution in [0.5, 0.6) is 0 Å². The number of hydrogen-bond donors (Lipinski definition) is 1. The van der Waals surface area contributed by atoms with Gasteiger partial charge in [-0.05, 0) is 26.0 Å². The molecule has 0 fully saturated rings. The first-order valence-corrected chi connectivity index (χ1v) is 6.13. The summed E-state index contributed by atoms with van der Waals surface area (Å²) in [6.45, 7) is 3.44. The van der Waals surface area contributed by atoms with Gasteiger partial charge in [0, 0.05) is 0 Å². The van der Waals surface area contributed by atoms with Gasteiger partial charge in [-0.15, -0.1) is 0 Å². The minimum atomic E-state index is -0.508. The maximum atomic E-state index is 12.5. The molecule has 1 N–H and O–H groups in total. The number of benzene rings is 1. The summed E-state index contributed by atoms with van der Waals surface area (Å²) in [6, 6.07) is 8.76. The molecule has 0 unspecified atom stereocenters. The minimum absolute atomic E-state index is 0.275. The van der Waals surface area contributed by atoms with Gasteiger partial charge in [0.2, 0.25) is 0 Å². The summed E-state index contributed by atoms with van der Waals surface area (Å²) in [5.74, 6) is 0.516. The molecule has 0 spiro atoms. The molecule has 0 saturated heterocycles. The van der Waals surface area contributed by atoms with Crippen molar-refractivity contribution in [2.24, 2.45) is 0 Å². The van der Waals surface area contributed by atoms with Gasteiger partial charge in [-0.25, -0.2) is 19.3 Å². The van der Waals surface area contributed by atoms with Gasteiger partial charge in [-0.3, -0.25) is 9.78 Å². The van der Waals surface area contributed by atoms with E-state index in [9.17, 15) is 9.59 Å². The van der Waals surface area contributed by atoms with Crippen molar-refractivity contribution < 1.29 is 0 Å². The molecule has 20 heavy (non-hydrogen) atoms. The molecule has 100 valence electrons. The molecule has 0 aliphatic rings. The number of nitrogens with zero attached hydrogens (tertiary/aromatic N) is 3. The molecule has 3 rings (SSSR count). The van der Waals surface area contributed by atoms with E-state index >= 15 is 0 Å². The molecule has 0 amide bonds. The lowest BCUT2D eigenvalue weighted by atomic mass is 10.2. The van der Waals surface area contributed by atoms with Crippen molar-refractivity contribution in [1.82, 2.24) is 19.5 Å². The smallest absolute Gasteiger partial charge is 0.291 e. The number of nitrogens with one attached hydrogen (secondary N) is 1. The Labute approximate surface area is 113 Å². The lowest BCUT2D eigenvalue weighted by Crippen LogP contribution is -2.34. The summed E-state index contributed by atoms with van der Waals surface area (Å²) in [5, 5.41) is 0.332. The molecule has 2 aromatic heterocycles. The Kier molecular flexibility index (Phi) is 2.71. The molecule has 0 radical (unpaired) electrons. The lowest BCUT2D eigenvalue weighted by molar-refractivity contribution is 0.883. The fourth-order valence-electron chi connectivity index (χ4n) is 2.23. The molecule has 0 bridgehead atoms. The highest BCUT2D eigenvalue weighted by atomic mass is 16.2. The van der Waals surface area contributed by atoms with Crippen LogP contribution >= 0.6 is 0 Å². The number of para-hydroxylation sites is 1. The molecule has 1 aromatic carbocycles. The Morgan fingerprint density at radius 2 is 1.75 bits per heavy atom. The first-order chi connectivity index (χ1) is 9.58. The molecule has 0 aliphatic carbocycles. The van der Waals surface area contributed by atoms with Gasteiger partial charge in [-0.2, -0.15) is 0 Å². The third-order valence-corrected chi connectivity index (χ3v) is 3.06. The molecule has 0 atom stereocenters. The molecule has 0 saturated carbocycles. The van der Waals surface area contributed by atoms with E-state index in [1.54, 1.807) is 38.1 Å². The summed E-state index contributed by atoms with van der Waals surface area (Å²) in [5.41, 5.74) is 0.426. The first kappa shape index (κ1) is 12.3. The summed E-state index contributed by atoms with van der Waals surface area (Å²) >= 11 is 0. The highest BCUT2D eigenvalue weighted by Gasteiger charge is 2.13. The normalized spacial score (nSPS) is 10.9. The zero-order valence-corrected chi connectivity index (χ0v) is 11.0. The highest BCUT2D eigenvalue weighted by Crippen LogP contribution is 2.08. The molecule has 0 aliphatic heterocycles. The van der Waals surface area contributed by atoms with Crippen LogP contribution in [-0.4, -0.2) is 19.5 Å². The highest BCUT2D eigenvalue weighted by molar-refractivity contribution is 5.76. The second kappa shape index (κ2) is 4.41. The Balaban J connectivity index is 2.48. The summed E-state index contributed by atoms with van der Waals surface area (Å²) in [6.07, 6.45) is 0. The molecule has 2 heterocycles. The van der Waals surface area contributed by atoms with Crippen LogP contribution in [0.15, 0.2) is 39.9 Å². The second-order valence-electron chi connectivity index (χ2n) is 4.49. The van der Waals surface area contributed by atoms with E-state index in [1.807, 2.05) is 6.07 Å². The van der Waals surface area contributed by atoms with Crippen LogP contribution in [0, 0.1) is 13.8 Å². The predicted octanol–water partition coefficient (Wildman–Crippen LogP) is 1.09. The van der Waals surface area contributed by atoms with Gasteiger partial charge in [0.05, 0.1) is 11.4 Å². The van der Waals surface area contributed by atoms with E-state index in [0.717, 1.165) is 4.57 Å². The quantitative estimate of drug-likeness (QED) is 0.716. The van der Waals surface area contributed by atoms with Crippen molar-refractivity contribution in [3.8, 4) is 5.69 Å². The van der Waals surface area contributed by atoms with Crippen LogP contribution < -0.4 is 11.2 Å². The van der Waals surface area contributed by atoms with Gasteiger partial charge in [0.1, 0.15) is 11.2 Å². The van der Waals surface area contributed by atoms with Gasteiger partial charge in [0.15, 0.2) is 5.65 Å². The average Bonchev–Trinajstić information content (AvgIpc) is 2.38. The van der Waals surface area contributed by atoms with Crippen molar-refractivity contribution in [2.45, 2.75) is 13.8 Å². The Morgan fingerprint density at radius 1 is 1.05 bits per heavy atom. The summed E-state index contributed by atoms with van der Waals surface area (Å²) in [4.78, 5) is 35.6. The van der Waals surface area contributed by atoms with Gasteiger partial charge in [0.25, 0.3) is 5.56 Å². The van der Waals surface area contributed by atoms with Crippen LogP contribution in [0.4, 0.5) is 0 Å². The summed E-state index contributed by atoms with van der Waals surface area (Å²) < 4.78 is 1.09. The largest absolute Gasteiger partial charge is 0.334 e. The van der Waals surface area contributed by atoms with E-state index in [-0.39, 0.29) is 5.65 Å². The van der Waals surface area contributed by atoms with Crippen LogP contribution in [-0.2, 0) is 0 Å². The number of rotatable bonds is 1. The van der Waals surface area contributed by atoms with E-state index in [1.165, 1.54) is 0 Å². The molecular formula is C14H12N4O2. The molecule has 6 heteroatoms. The standard InChI is InChI=1S/C14H12N4O2/c1-8-11-12(16-9(2)15-8)17-14(20)18(13(11)19)10-6-4-3-5-7-10/h3-7H,1-2H3,(H,15,16,17,20). The van der Waals surface area contributed by atoms with E-state index in [2.05, 4.69) is 15.0 Å². The SMILES string of the molecule is Cc1nc(C)c2c(=O)n(-c3ccccc3)c(=O)[nH]c2n1. The third kappa shape index (κ3) is 1.82. The zero-order valence-electron chi connectivity index (χ0n) is 11.0. The molecular weight excluding hydrogens is 256 g/mol. The van der Waals surface area contributed by atoms with Gasteiger partial charge >= 0.3 is 5.69 Å². The van der Waals surface area contributed by atoms with Crippen molar-refractivity contribution in [1.29, 1.82) is 0 Å². The third-order valence-electron chi connectivity index (χ3n) is 3.06. The van der Waals surface area contributed by atoms with Gasteiger partial charge in [-0.1, -0.05) is 18.2 Å². The summed E-state index contributed by atoms with van der Waals surface area (Å²) in [7, 11) is 0. The Bertz CT molecular complexity index is 910. The van der Waals surface area contributed by atoms with Crippen LogP contribution in [0.3, 0.4) is 0 Å². The fraction of sp³-hybridized carbons (Fsp3) is 0.143. The van der Waals surface area contributed by atoms with Gasteiger partial charge < -0.3 is 0 Å². The number of H-pyrrole nitrogens is 1. The molecule has 3 aromatic rings. The van der Waals surface area contributed by atoms with Crippen molar-refractivity contribution >= 4 is 11.0 Å². The van der Waals surface area contributed by atoms with Crippen molar-refractivity contribution in [3.63, 3.8) is 0 Å².